The summed E-state index contributed by atoms with van der Waals surface area (Å²) >= 11 is 0. The first-order chi connectivity index (χ1) is 5.70. The molecule has 1 heterocycles. The molecule has 1 aliphatic heterocycles. The molecule has 0 aromatic rings. The lowest BCUT2D eigenvalue weighted by Crippen LogP contribution is -2.40. The Bertz CT molecular complexity index is 179. The molecule has 0 N–H and O–H groups in total. The molecule has 0 aromatic heterocycles. The van der Waals surface area contributed by atoms with Crippen LogP contribution < -0.4 is 0 Å². The zero-order chi connectivity index (χ0) is 9.14. The maximum atomic E-state index is 5.50. The normalized spacial score (nSPS) is 24.8. The fourth-order valence-corrected chi connectivity index (χ4v) is 1.58. The van der Waals surface area contributed by atoms with E-state index in [-0.39, 0.29) is 0 Å². The van der Waals surface area contributed by atoms with Crippen LogP contribution in [-0.4, -0.2) is 29.4 Å². The SMILES string of the molecule is CCON1C(C)C=C(C)N1CC. The van der Waals surface area contributed by atoms with Crippen LogP contribution in [0.25, 0.3) is 0 Å². The van der Waals surface area contributed by atoms with Gasteiger partial charge < -0.3 is 0 Å². The van der Waals surface area contributed by atoms with Gasteiger partial charge in [-0.1, -0.05) is 5.17 Å². The molecular weight excluding hydrogens is 152 g/mol. The molecule has 0 amide bonds. The molecule has 0 fully saturated rings. The van der Waals surface area contributed by atoms with E-state index in [0.717, 1.165) is 13.2 Å². The summed E-state index contributed by atoms with van der Waals surface area (Å²) in [5, 5.41) is 4.09. The van der Waals surface area contributed by atoms with Gasteiger partial charge in [-0.05, 0) is 33.8 Å². The molecule has 0 spiro atoms. The van der Waals surface area contributed by atoms with E-state index < -0.39 is 0 Å². The molecule has 0 bridgehead atoms. The third kappa shape index (κ3) is 1.62. The lowest BCUT2D eigenvalue weighted by Gasteiger charge is -2.31. The molecule has 0 radical (unpaired) electrons. The predicted molar refractivity (Wildman–Crippen MR) is 49.1 cm³/mol. The lowest BCUT2D eigenvalue weighted by atomic mass is 10.3. The molecule has 0 saturated heterocycles. The Morgan fingerprint density at radius 1 is 1.50 bits per heavy atom. The second-order valence-electron chi connectivity index (χ2n) is 2.98. The van der Waals surface area contributed by atoms with Gasteiger partial charge in [0, 0.05) is 12.2 Å². The van der Waals surface area contributed by atoms with E-state index in [0.29, 0.717) is 6.04 Å². The maximum absolute atomic E-state index is 5.50. The van der Waals surface area contributed by atoms with Gasteiger partial charge in [0.05, 0.1) is 12.6 Å². The Balaban J connectivity index is 2.62. The van der Waals surface area contributed by atoms with E-state index in [1.165, 1.54) is 5.70 Å². The zero-order valence-electron chi connectivity index (χ0n) is 8.37. The van der Waals surface area contributed by atoms with Gasteiger partial charge in [0.2, 0.25) is 0 Å². The Hall–Kier alpha value is -0.540. The molecule has 0 aliphatic carbocycles. The Morgan fingerprint density at radius 3 is 2.67 bits per heavy atom. The molecule has 3 nitrogen and oxygen atoms in total. The van der Waals surface area contributed by atoms with Crippen molar-refractivity contribution in [1.29, 1.82) is 0 Å². The minimum atomic E-state index is 0.366. The molecule has 0 aromatic carbocycles. The highest BCUT2D eigenvalue weighted by molar-refractivity contribution is 5.06. The van der Waals surface area contributed by atoms with Crippen LogP contribution in [0.15, 0.2) is 11.8 Å². The Labute approximate surface area is 74.5 Å². The second-order valence-corrected chi connectivity index (χ2v) is 2.98. The number of hydrogen-bond donors (Lipinski definition) is 0. The zero-order valence-corrected chi connectivity index (χ0v) is 8.37. The summed E-state index contributed by atoms with van der Waals surface area (Å²) in [5.74, 6) is 0. The van der Waals surface area contributed by atoms with Crippen LogP contribution in [0.1, 0.15) is 27.7 Å². The standard InChI is InChI=1S/C9H18N2O/c1-5-10-8(3)7-9(4)11(10)12-6-2/h7,9H,5-6H2,1-4H3. The van der Waals surface area contributed by atoms with Crippen LogP contribution in [0.3, 0.4) is 0 Å². The second kappa shape index (κ2) is 3.92. The molecule has 12 heavy (non-hydrogen) atoms. The first-order valence-corrected chi connectivity index (χ1v) is 4.58. The minimum Gasteiger partial charge on any atom is -0.288 e. The van der Waals surface area contributed by atoms with Gasteiger partial charge in [-0.3, -0.25) is 9.85 Å². The Kier molecular flexibility index (Phi) is 3.12. The van der Waals surface area contributed by atoms with Crippen LogP contribution in [0.2, 0.25) is 0 Å². The van der Waals surface area contributed by atoms with E-state index in [1.807, 2.05) is 12.1 Å². The minimum absolute atomic E-state index is 0.366. The Morgan fingerprint density at radius 2 is 2.17 bits per heavy atom. The molecule has 1 aliphatic rings. The monoisotopic (exact) mass is 170 g/mol. The number of hydroxylamine groups is 1. The van der Waals surface area contributed by atoms with E-state index in [4.69, 9.17) is 4.84 Å². The van der Waals surface area contributed by atoms with Crippen LogP contribution in [-0.2, 0) is 4.84 Å². The molecule has 0 saturated carbocycles. The number of hydrazine groups is 1. The molecule has 1 atom stereocenters. The number of nitrogens with zero attached hydrogens (tertiary/aromatic N) is 2. The van der Waals surface area contributed by atoms with Gasteiger partial charge in [0.1, 0.15) is 0 Å². The van der Waals surface area contributed by atoms with Gasteiger partial charge in [-0.2, -0.15) is 0 Å². The van der Waals surface area contributed by atoms with Crippen molar-refractivity contribution in [3.05, 3.63) is 11.8 Å². The average Bonchev–Trinajstić information content (AvgIpc) is 2.28. The van der Waals surface area contributed by atoms with Crippen LogP contribution in [0.4, 0.5) is 0 Å². The summed E-state index contributed by atoms with van der Waals surface area (Å²) in [5.41, 5.74) is 1.28. The van der Waals surface area contributed by atoms with Gasteiger partial charge in [0.25, 0.3) is 0 Å². The molecule has 70 valence electrons. The van der Waals surface area contributed by atoms with Gasteiger partial charge in [0.15, 0.2) is 0 Å². The third-order valence-corrected chi connectivity index (χ3v) is 2.04. The highest BCUT2D eigenvalue weighted by atomic mass is 16.7. The number of allylic oxidation sites excluding steroid dienone is 1. The first-order valence-electron chi connectivity index (χ1n) is 4.58. The number of hydrogen-bond acceptors (Lipinski definition) is 3. The predicted octanol–water partition coefficient (Wildman–Crippen LogP) is 1.78. The molecule has 1 unspecified atom stereocenters. The van der Waals surface area contributed by atoms with E-state index in [9.17, 15) is 0 Å². The van der Waals surface area contributed by atoms with Gasteiger partial charge >= 0.3 is 0 Å². The van der Waals surface area contributed by atoms with Gasteiger partial charge in [-0.15, -0.1) is 0 Å². The largest absolute Gasteiger partial charge is 0.288 e. The third-order valence-electron chi connectivity index (χ3n) is 2.04. The molecular formula is C9H18N2O. The highest BCUT2D eigenvalue weighted by Crippen LogP contribution is 2.21. The average molecular weight is 170 g/mol. The van der Waals surface area contributed by atoms with Crippen molar-refractivity contribution in [1.82, 2.24) is 10.2 Å². The van der Waals surface area contributed by atoms with Crippen molar-refractivity contribution >= 4 is 0 Å². The number of rotatable bonds is 3. The summed E-state index contributed by atoms with van der Waals surface area (Å²) in [7, 11) is 0. The highest BCUT2D eigenvalue weighted by Gasteiger charge is 2.26. The summed E-state index contributed by atoms with van der Waals surface area (Å²) in [6.07, 6.45) is 2.21. The topological polar surface area (TPSA) is 15.7 Å². The summed E-state index contributed by atoms with van der Waals surface area (Å²) in [6.45, 7) is 10.1. The van der Waals surface area contributed by atoms with Crippen molar-refractivity contribution in [3.8, 4) is 0 Å². The van der Waals surface area contributed by atoms with Crippen LogP contribution >= 0.6 is 0 Å². The maximum Gasteiger partial charge on any atom is 0.0737 e. The van der Waals surface area contributed by atoms with Gasteiger partial charge in [-0.25, -0.2) is 0 Å². The van der Waals surface area contributed by atoms with Crippen molar-refractivity contribution in [2.24, 2.45) is 0 Å². The molecule has 3 heteroatoms. The fourth-order valence-electron chi connectivity index (χ4n) is 1.58. The molecule has 1 rings (SSSR count). The lowest BCUT2D eigenvalue weighted by molar-refractivity contribution is -0.270. The van der Waals surface area contributed by atoms with Crippen molar-refractivity contribution in [3.63, 3.8) is 0 Å². The smallest absolute Gasteiger partial charge is 0.0737 e. The van der Waals surface area contributed by atoms with Crippen LogP contribution in [0.5, 0.6) is 0 Å². The van der Waals surface area contributed by atoms with Crippen molar-refractivity contribution in [2.75, 3.05) is 13.2 Å². The summed E-state index contributed by atoms with van der Waals surface area (Å²) in [4.78, 5) is 5.50. The summed E-state index contributed by atoms with van der Waals surface area (Å²) < 4.78 is 0. The van der Waals surface area contributed by atoms with E-state index >= 15 is 0 Å². The van der Waals surface area contributed by atoms with E-state index in [1.54, 1.807) is 0 Å². The quantitative estimate of drug-likeness (QED) is 0.642. The van der Waals surface area contributed by atoms with Crippen molar-refractivity contribution < 1.29 is 4.84 Å². The van der Waals surface area contributed by atoms with Crippen molar-refractivity contribution in [2.45, 2.75) is 33.7 Å². The fraction of sp³-hybridized carbons (Fsp3) is 0.778. The van der Waals surface area contributed by atoms with Crippen LogP contribution in [0, 0.1) is 0 Å². The first kappa shape index (κ1) is 9.55. The summed E-state index contributed by atoms with van der Waals surface area (Å²) in [6, 6.07) is 0.366. The van der Waals surface area contributed by atoms with E-state index in [2.05, 4.69) is 31.9 Å².